The molecule has 0 N–H and O–H groups in total. The highest BCUT2D eigenvalue weighted by molar-refractivity contribution is 5.92. The Morgan fingerprint density at radius 1 is 1.13 bits per heavy atom. The number of rotatable bonds is 9. The Balaban J connectivity index is 2.33. The summed E-state index contributed by atoms with van der Waals surface area (Å²) in [6.07, 6.45) is 4.42. The van der Waals surface area contributed by atoms with Gasteiger partial charge in [0.15, 0.2) is 0 Å². The van der Waals surface area contributed by atoms with Crippen molar-refractivity contribution in [3.05, 3.63) is 48.1 Å². The maximum atomic E-state index is 11.3. The van der Waals surface area contributed by atoms with E-state index in [4.69, 9.17) is 9.47 Å². The van der Waals surface area contributed by atoms with Gasteiger partial charge in [0.2, 0.25) is 0 Å². The first-order chi connectivity index (χ1) is 11.1. The molecule has 0 unspecified atom stereocenters. The number of hydrogen-bond acceptors (Lipinski definition) is 5. The van der Waals surface area contributed by atoms with Gasteiger partial charge in [-0.25, -0.2) is 9.59 Å². The first kappa shape index (κ1) is 18.5. The van der Waals surface area contributed by atoms with E-state index < -0.39 is 5.97 Å². The third-order valence-electron chi connectivity index (χ3n) is 2.99. The van der Waals surface area contributed by atoms with Crippen molar-refractivity contribution in [2.24, 2.45) is 0 Å². The van der Waals surface area contributed by atoms with Gasteiger partial charge in [-0.15, -0.1) is 0 Å². The second-order valence-electron chi connectivity index (χ2n) is 4.82. The van der Waals surface area contributed by atoms with Crippen LogP contribution in [0.4, 0.5) is 0 Å². The Morgan fingerprint density at radius 2 is 1.78 bits per heavy atom. The zero-order valence-corrected chi connectivity index (χ0v) is 13.5. The Labute approximate surface area is 136 Å². The molecule has 0 spiro atoms. The molecule has 0 aliphatic carbocycles. The predicted octanol–water partition coefficient (Wildman–Crippen LogP) is 3.15. The third-order valence-corrected chi connectivity index (χ3v) is 2.99. The molecule has 0 saturated heterocycles. The van der Waals surface area contributed by atoms with Crippen LogP contribution in [0.15, 0.2) is 42.5 Å². The van der Waals surface area contributed by atoms with E-state index >= 15 is 0 Å². The maximum Gasteiger partial charge on any atom is 0.333 e. The maximum absolute atomic E-state index is 11.3. The van der Waals surface area contributed by atoms with Crippen LogP contribution in [-0.4, -0.2) is 32.3 Å². The minimum absolute atomic E-state index is 0.345. The molecule has 0 amide bonds. The summed E-state index contributed by atoms with van der Waals surface area (Å²) in [4.78, 5) is 22.2. The molecule has 0 fully saturated rings. The van der Waals surface area contributed by atoms with Gasteiger partial charge in [-0.1, -0.05) is 18.7 Å². The number of ether oxygens (including phenoxy) is 3. The van der Waals surface area contributed by atoms with E-state index in [1.165, 1.54) is 7.11 Å². The summed E-state index contributed by atoms with van der Waals surface area (Å²) in [5, 5.41) is 0. The van der Waals surface area contributed by atoms with Gasteiger partial charge in [0, 0.05) is 11.6 Å². The fourth-order valence-electron chi connectivity index (χ4n) is 1.76. The molecule has 0 aromatic heterocycles. The molecule has 23 heavy (non-hydrogen) atoms. The van der Waals surface area contributed by atoms with Crippen molar-refractivity contribution >= 4 is 18.0 Å². The first-order valence-corrected chi connectivity index (χ1v) is 7.35. The first-order valence-electron chi connectivity index (χ1n) is 7.35. The molecule has 1 aromatic carbocycles. The summed E-state index contributed by atoms with van der Waals surface area (Å²) >= 11 is 0. The van der Waals surface area contributed by atoms with Crippen molar-refractivity contribution < 1.29 is 23.8 Å². The molecule has 0 aliphatic rings. The zero-order valence-electron chi connectivity index (χ0n) is 13.5. The van der Waals surface area contributed by atoms with E-state index in [-0.39, 0.29) is 5.97 Å². The van der Waals surface area contributed by atoms with Crippen molar-refractivity contribution in [2.45, 2.75) is 19.8 Å². The molecule has 1 aromatic rings. The third kappa shape index (κ3) is 7.31. The number of carbonyl (C=O) groups excluding carboxylic acids is 2. The second kappa shape index (κ2) is 10.2. The van der Waals surface area contributed by atoms with Gasteiger partial charge in [-0.2, -0.15) is 0 Å². The van der Waals surface area contributed by atoms with E-state index in [0.717, 1.165) is 30.2 Å². The molecule has 0 aliphatic heterocycles. The van der Waals surface area contributed by atoms with Crippen LogP contribution in [0.1, 0.15) is 25.3 Å². The largest absolute Gasteiger partial charge is 0.494 e. The van der Waals surface area contributed by atoms with E-state index in [2.05, 4.69) is 11.3 Å². The molecule has 0 bridgehead atoms. The van der Waals surface area contributed by atoms with Crippen molar-refractivity contribution in [1.82, 2.24) is 0 Å². The number of hydrogen-bond donors (Lipinski definition) is 0. The van der Waals surface area contributed by atoms with Crippen molar-refractivity contribution in [2.75, 3.05) is 20.3 Å². The van der Waals surface area contributed by atoms with Gasteiger partial charge in [0.1, 0.15) is 5.75 Å². The molecular formula is C18H22O5. The van der Waals surface area contributed by atoms with Crippen LogP contribution in [0.5, 0.6) is 5.75 Å². The van der Waals surface area contributed by atoms with Crippen LogP contribution < -0.4 is 4.74 Å². The molecule has 5 heteroatoms. The van der Waals surface area contributed by atoms with E-state index in [9.17, 15) is 9.59 Å². The topological polar surface area (TPSA) is 61.8 Å². The number of benzene rings is 1. The predicted molar refractivity (Wildman–Crippen MR) is 88.0 cm³/mol. The summed E-state index contributed by atoms with van der Waals surface area (Å²) < 4.78 is 15.1. The number of methoxy groups -OCH3 is 1. The summed E-state index contributed by atoms with van der Waals surface area (Å²) in [5.74, 6) is 0.000230. The molecule has 124 valence electrons. The fraction of sp³-hybridized carbons (Fsp3) is 0.333. The Morgan fingerprint density at radius 3 is 2.39 bits per heavy atom. The summed E-state index contributed by atoms with van der Waals surface area (Å²) in [6, 6.07) is 7.42. The smallest absolute Gasteiger partial charge is 0.333 e. The highest BCUT2D eigenvalue weighted by Crippen LogP contribution is 2.15. The van der Waals surface area contributed by atoms with Gasteiger partial charge >= 0.3 is 11.9 Å². The van der Waals surface area contributed by atoms with Crippen LogP contribution >= 0.6 is 0 Å². The fourth-order valence-corrected chi connectivity index (χ4v) is 1.76. The highest BCUT2D eigenvalue weighted by atomic mass is 16.5. The van der Waals surface area contributed by atoms with E-state index in [1.54, 1.807) is 13.0 Å². The molecule has 5 nitrogen and oxygen atoms in total. The van der Waals surface area contributed by atoms with E-state index in [0.29, 0.717) is 18.8 Å². The van der Waals surface area contributed by atoms with Crippen LogP contribution in [0.2, 0.25) is 0 Å². The number of carbonyl (C=O) groups is 2. The van der Waals surface area contributed by atoms with Crippen LogP contribution in [0.25, 0.3) is 6.08 Å². The average molecular weight is 318 g/mol. The summed E-state index contributed by atoms with van der Waals surface area (Å²) in [6.45, 7) is 5.94. The molecule has 0 radical (unpaired) electrons. The Kier molecular flexibility index (Phi) is 8.21. The van der Waals surface area contributed by atoms with Gasteiger partial charge in [-0.05, 0) is 43.5 Å². The molecule has 1 rings (SSSR count). The van der Waals surface area contributed by atoms with E-state index in [1.807, 2.05) is 24.3 Å². The van der Waals surface area contributed by atoms with Gasteiger partial charge in [0.05, 0.1) is 20.3 Å². The quantitative estimate of drug-likeness (QED) is 0.398. The average Bonchev–Trinajstić information content (AvgIpc) is 2.58. The van der Waals surface area contributed by atoms with Gasteiger partial charge < -0.3 is 14.2 Å². The van der Waals surface area contributed by atoms with Crippen LogP contribution in [0.3, 0.4) is 0 Å². The zero-order chi connectivity index (χ0) is 17.1. The van der Waals surface area contributed by atoms with Crippen molar-refractivity contribution in [3.8, 4) is 5.75 Å². The van der Waals surface area contributed by atoms with Gasteiger partial charge in [0.25, 0.3) is 0 Å². The van der Waals surface area contributed by atoms with Gasteiger partial charge in [-0.3, -0.25) is 0 Å². The molecule has 0 saturated carbocycles. The molecule has 0 heterocycles. The standard InChI is InChI=1S/C18H22O5/c1-4-17(19)23-12-6-5-11-22-16-9-7-15(8-10-16)13-14(2)18(20)21-3/h4,7-10,13H,1,5-6,11-12H2,2-3H3/b14-13+. The minimum atomic E-state index is -0.406. The second-order valence-corrected chi connectivity index (χ2v) is 4.82. The van der Waals surface area contributed by atoms with Crippen LogP contribution in [0, 0.1) is 0 Å². The molecule has 0 atom stereocenters. The normalized spacial score (nSPS) is 10.8. The lowest BCUT2D eigenvalue weighted by Gasteiger charge is -2.07. The van der Waals surface area contributed by atoms with Crippen LogP contribution in [-0.2, 0) is 19.1 Å². The summed E-state index contributed by atoms with van der Waals surface area (Å²) in [7, 11) is 1.36. The summed E-state index contributed by atoms with van der Waals surface area (Å²) in [5.41, 5.74) is 1.44. The highest BCUT2D eigenvalue weighted by Gasteiger charge is 2.03. The lowest BCUT2D eigenvalue weighted by molar-refractivity contribution is -0.138. The Bertz CT molecular complexity index is 557. The lowest BCUT2D eigenvalue weighted by atomic mass is 10.1. The number of esters is 2. The van der Waals surface area contributed by atoms with Crippen molar-refractivity contribution in [1.29, 1.82) is 0 Å². The monoisotopic (exact) mass is 318 g/mol. The lowest BCUT2D eigenvalue weighted by Crippen LogP contribution is -2.04. The SMILES string of the molecule is C=CC(=O)OCCCCOc1ccc(/C=C(\C)C(=O)OC)cc1. The number of unbranched alkanes of at least 4 members (excludes halogenated alkanes) is 1. The van der Waals surface area contributed by atoms with Crippen molar-refractivity contribution in [3.63, 3.8) is 0 Å². The Hall–Kier alpha value is -2.56. The molecular weight excluding hydrogens is 296 g/mol. The minimum Gasteiger partial charge on any atom is -0.494 e.